The first-order valence-electron chi connectivity index (χ1n) is 9.37. The molecule has 0 radical (unpaired) electrons. The van der Waals surface area contributed by atoms with Gasteiger partial charge < -0.3 is 33.6 Å². The summed E-state index contributed by atoms with van der Waals surface area (Å²) in [6.45, 7) is 0.557. The maximum Gasteiger partial charge on any atom is 0.0969 e. The first kappa shape index (κ1) is 39.9. The van der Waals surface area contributed by atoms with E-state index in [4.69, 9.17) is 0 Å². The van der Waals surface area contributed by atoms with E-state index in [1.54, 1.807) is 0 Å². The van der Waals surface area contributed by atoms with E-state index in [9.17, 15) is 28.7 Å². The lowest BCUT2D eigenvalue weighted by Crippen LogP contribution is -2.41. The SMILES string of the molecule is C[S+](C)C.C[S+](C)C.C[S+](C)C.C[S+](C)C.O=P([O-])([O-])C(CN1CCCC1)P(=O)([O-])[O-]. The van der Waals surface area contributed by atoms with E-state index in [0.29, 0.717) is 56.7 Å². The van der Waals surface area contributed by atoms with Gasteiger partial charge in [-0.2, -0.15) is 0 Å². The van der Waals surface area contributed by atoms with Crippen LogP contribution < -0.4 is 19.6 Å². The van der Waals surface area contributed by atoms with Crippen molar-refractivity contribution in [3.8, 4) is 0 Å². The summed E-state index contributed by atoms with van der Waals surface area (Å²) in [5.74, 6) is 0. The van der Waals surface area contributed by atoms with Crippen molar-refractivity contribution < 1.29 is 28.7 Å². The van der Waals surface area contributed by atoms with Crippen molar-refractivity contribution in [2.75, 3.05) is 94.7 Å². The number of likely N-dealkylation sites (tertiary alicyclic amines) is 1. The van der Waals surface area contributed by atoms with Crippen LogP contribution in [0.1, 0.15) is 12.8 Å². The van der Waals surface area contributed by atoms with Gasteiger partial charge in [0.05, 0.1) is 75.1 Å². The predicted molar refractivity (Wildman–Crippen MR) is 145 cm³/mol. The lowest BCUT2D eigenvalue weighted by atomic mass is 10.4. The molecule has 13 heteroatoms. The molecule has 194 valence electrons. The molecule has 0 bridgehead atoms. The van der Waals surface area contributed by atoms with Gasteiger partial charge in [-0.3, -0.25) is 0 Å². The number of hydrogen-bond donors (Lipinski definition) is 0. The molecule has 1 rings (SSSR count). The summed E-state index contributed by atoms with van der Waals surface area (Å²) < 4.78 is 21.3. The summed E-state index contributed by atoms with van der Waals surface area (Å²) in [5, 5.41) is -2.33. The molecule has 0 aromatic heterocycles. The van der Waals surface area contributed by atoms with Crippen LogP contribution in [-0.2, 0) is 52.7 Å². The highest BCUT2D eigenvalue weighted by atomic mass is 32.2. The molecule has 0 aliphatic carbocycles. The molecule has 0 spiro atoms. The molecule has 1 fully saturated rings. The zero-order valence-electron chi connectivity index (χ0n) is 21.5. The fourth-order valence-electron chi connectivity index (χ4n) is 1.57. The Hall–Kier alpha value is 1.66. The Morgan fingerprint density at radius 3 is 0.968 bits per heavy atom. The van der Waals surface area contributed by atoms with Crippen molar-refractivity contribution >= 4 is 58.8 Å². The van der Waals surface area contributed by atoms with Crippen molar-refractivity contribution in [2.45, 2.75) is 18.2 Å². The molecular formula is C18H47NO6P2S4. The molecule has 0 atom stereocenters. The van der Waals surface area contributed by atoms with Gasteiger partial charge in [0, 0.05) is 11.9 Å². The molecule has 0 amide bonds. The smallest absolute Gasteiger partial charge is 0.0969 e. The molecule has 7 nitrogen and oxygen atoms in total. The van der Waals surface area contributed by atoms with Crippen molar-refractivity contribution in [1.29, 1.82) is 0 Å². The van der Waals surface area contributed by atoms with Gasteiger partial charge in [0.1, 0.15) is 0 Å². The molecule has 1 aliphatic heterocycles. The summed E-state index contributed by atoms with van der Waals surface area (Å²) >= 11 is 0. The molecule has 31 heavy (non-hydrogen) atoms. The van der Waals surface area contributed by atoms with E-state index in [2.05, 4.69) is 75.1 Å². The van der Waals surface area contributed by atoms with Gasteiger partial charge in [-0.25, -0.2) is 0 Å². The molecule has 1 saturated heterocycles. The van der Waals surface area contributed by atoms with Gasteiger partial charge in [0.25, 0.3) is 0 Å². The zero-order valence-corrected chi connectivity index (χ0v) is 26.6. The van der Waals surface area contributed by atoms with Crippen LogP contribution in [0.4, 0.5) is 0 Å². The molecule has 0 N–H and O–H groups in total. The Morgan fingerprint density at radius 1 is 0.613 bits per heavy atom. The highest BCUT2D eigenvalue weighted by Gasteiger charge is 2.22. The minimum absolute atomic E-state index is 0.492. The topological polar surface area (TPSA) is 130 Å². The van der Waals surface area contributed by atoms with Crippen LogP contribution in [0, 0.1) is 0 Å². The summed E-state index contributed by atoms with van der Waals surface area (Å²) in [6.07, 6.45) is 28.0. The second kappa shape index (κ2) is 22.1. The third-order valence-electron chi connectivity index (χ3n) is 2.35. The van der Waals surface area contributed by atoms with Crippen LogP contribution >= 0.6 is 15.2 Å². The first-order chi connectivity index (χ1) is 13.6. The Labute approximate surface area is 204 Å². The third-order valence-corrected chi connectivity index (χ3v) is 5.83. The Bertz CT molecular complexity index is 425. The Balaban J connectivity index is -0.000000187. The van der Waals surface area contributed by atoms with Gasteiger partial charge in [0.2, 0.25) is 0 Å². The first-order valence-corrected chi connectivity index (χ1v) is 22.4. The zero-order chi connectivity index (χ0) is 26.0. The average Bonchev–Trinajstić information content (AvgIpc) is 2.92. The third kappa shape index (κ3) is 45.8. The van der Waals surface area contributed by atoms with Crippen LogP contribution in [0.5, 0.6) is 0 Å². The van der Waals surface area contributed by atoms with Crippen molar-refractivity contribution in [3.63, 3.8) is 0 Å². The van der Waals surface area contributed by atoms with Crippen LogP contribution in [-0.4, -0.2) is 105 Å². The van der Waals surface area contributed by atoms with Crippen molar-refractivity contribution in [3.05, 3.63) is 0 Å². The Morgan fingerprint density at radius 2 is 0.806 bits per heavy atom. The van der Waals surface area contributed by atoms with Crippen LogP contribution in [0.2, 0.25) is 0 Å². The molecule has 0 aromatic carbocycles. The number of nitrogens with zero attached hydrogens (tertiary/aromatic N) is 1. The van der Waals surface area contributed by atoms with Crippen LogP contribution in [0.15, 0.2) is 0 Å². The van der Waals surface area contributed by atoms with E-state index in [1.807, 2.05) is 0 Å². The maximum atomic E-state index is 10.6. The standard InChI is InChI=1S/C6H15NO6P2.4C3H9S/c8-14(9,10)6(15(11,12)13)5-7-3-1-2-4-7;4*1-4(2)3/h6H,1-5H2,(H2,8,9,10)(H2,11,12,13);4*1-3H3/q;4*+1/p-4. The van der Waals surface area contributed by atoms with E-state index in [0.717, 1.165) is 12.8 Å². The fourth-order valence-corrected chi connectivity index (χ4v) is 3.82. The van der Waals surface area contributed by atoms with Gasteiger partial charge >= 0.3 is 0 Å². The largest absolute Gasteiger partial charge is 0.810 e. The van der Waals surface area contributed by atoms with Gasteiger partial charge in [-0.15, -0.1) is 0 Å². The number of rotatable bonds is 4. The maximum absolute atomic E-state index is 10.6. The molecule has 0 saturated carbocycles. The van der Waals surface area contributed by atoms with Gasteiger partial charge in [-0.05, 0) is 69.5 Å². The highest BCUT2D eigenvalue weighted by molar-refractivity contribution is 7.95. The van der Waals surface area contributed by atoms with E-state index >= 15 is 0 Å². The minimum atomic E-state index is -5.38. The molecule has 0 aromatic rings. The Kier molecular flexibility index (Phi) is 28.5. The fraction of sp³-hybridized carbons (Fsp3) is 1.00. The summed E-state index contributed by atoms with van der Waals surface area (Å²) in [6, 6.07) is 0. The van der Waals surface area contributed by atoms with Crippen LogP contribution in [0.25, 0.3) is 0 Å². The second-order valence-corrected chi connectivity index (χ2v) is 22.1. The van der Waals surface area contributed by atoms with Gasteiger partial charge in [-0.1, -0.05) is 15.2 Å². The lowest BCUT2D eigenvalue weighted by Gasteiger charge is -2.50. The van der Waals surface area contributed by atoms with Crippen molar-refractivity contribution in [1.82, 2.24) is 4.90 Å². The van der Waals surface area contributed by atoms with Crippen molar-refractivity contribution in [2.24, 2.45) is 0 Å². The van der Waals surface area contributed by atoms with E-state index in [-0.39, 0.29) is 0 Å². The summed E-state index contributed by atoms with van der Waals surface area (Å²) in [7, 11) is -8.20. The van der Waals surface area contributed by atoms with Crippen LogP contribution in [0.3, 0.4) is 0 Å². The molecule has 1 aliphatic rings. The predicted octanol–water partition coefficient (Wildman–Crippen LogP) is -0.788. The quantitative estimate of drug-likeness (QED) is 0.324. The molecule has 0 unspecified atom stereocenters. The van der Waals surface area contributed by atoms with Gasteiger partial charge in [0.15, 0.2) is 0 Å². The highest BCUT2D eigenvalue weighted by Crippen LogP contribution is 2.50. The molecular weight excluding hydrogens is 516 g/mol. The second-order valence-electron chi connectivity index (χ2n) is 8.47. The monoisotopic (exact) mass is 563 g/mol. The average molecular weight is 564 g/mol. The molecule has 1 heterocycles. The van der Waals surface area contributed by atoms with E-state index < -0.39 is 27.1 Å². The van der Waals surface area contributed by atoms with E-state index in [1.165, 1.54) is 4.90 Å². The lowest BCUT2D eigenvalue weighted by molar-refractivity contribution is -0.330. The normalized spacial score (nSPS) is 14.4. The summed E-state index contributed by atoms with van der Waals surface area (Å²) in [4.78, 5) is 44.1. The minimum Gasteiger partial charge on any atom is -0.810 e. The summed E-state index contributed by atoms with van der Waals surface area (Å²) in [5.41, 5.74) is 0. The number of hydrogen-bond acceptors (Lipinski definition) is 7.